The van der Waals surface area contributed by atoms with Gasteiger partial charge in [0.2, 0.25) is 10.0 Å². The van der Waals surface area contributed by atoms with Gasteiger partial charge in [-0.15, -0.1) is 12.4 Å². The van der Waals surface area contributed by atoms with Crippen LogP contribution in [0, 0.1) is 5.92 Å². The van der Waals surface area contributed by atoms with Crippen molar-refractivity contribution in [2.45, 2.75) is 37.6 Å². The van der Waals surface area contributed by atoms with Crippen LogP contribution >= 0.6 is 12.4 Å². The Kier molecular flexibility index (Phi) is 8.15. The Bertz CT molecular complexity index is 626. The third-order valence-corrected chi connectivity index (χ3v) is 5.18. The lowest BCUT2D eigenvalue weighted by molar-refractivity contribution is 0.0930. The highest BCUT2D eigenvalue weighted by molar-refractivity contribution is 7.89. The molecule has 0 unspecified atom stereocenters. The van der Waals surface area contributed by atoms with Gasteiger partial charge < -0.3 is 10.6 Å². The molecule has 1 aromatic carbocycles. The zero-order chi connectivity index (χ0) is 16.9. The number of carbonyl (C=O) groups excluding carboxylic acids is 1. The topological polar surface area (TPSA) is 87.3 Å². The molecule has 3 N–H and O–H groups in total. The quantitative estimate of drug-likeness (QED) is 0.703. The number of nitrogens with one attached hydrogen (secondary N) is 3. The van der Waals surface area contributed by atoms with Crippen LogP contribution in [0.2, 0.25) is 0 Å². The van der Waals surface area contributed by atoms with Crippen LogP contribution in [0.15, 0.2) is 29.2 Å². The molecule has 0 bridgehead atoms. The maximum atomic E-state index is 12.2. The largest absolute Gasteiger partial charge is 0.348 e. The van der Waals surface area contributed by atoms with E-state index in [-0.39, 0.29) is 35.2 Å². The van der Waals surface area contributed by atoms with Crippen LogP contribution in [-0.2, 0) is 10.0 Å². The highest BCUT2D eigenvalue weighted by Gasteiger charge is 2.18. The van der Waals surface area contributed by atoms with E-state index in [9.17, 15) is 13.2 Å². The summed E-state index contributed by atoms with van der Waals surface area (Å²) in [6.07, 6.45) is 2.01. The molecule has 0 radical (unpaired) electrons. The summed E-state index contributed by atoms with van der Waals surface area (Å²) in [4.78, 5) is 12.4. The van der Waals surface area contributed by atoms with Crippen molar-refractivity contribution in [2.24, 2.45) is 5.92 Å². The fourth-order valence-electron chi connectivity index (χ4n) is 2.39. The fraction of sp³-hybridized carbons (Fsp3) is 0.562. The van der Waals surface area contributed by atoms with E-state index in [0.717, 1.165) is 25.9 Å². The molecule has 24 heavy (non-hydrogen) atoms. The number of rotatable bonds is 6. The third-order valence-electron chi connectivity index (χ3n) is 3.74. The molecule has 1 aliphatic rings. The Morgan fingerprint density at radius 1 is 1.29 bits per heavy atom. The molecule has 1 heterocycles. The van der Waals surface area contributed by atoms with Crippen LogP contribution in [0.4, 0.5) is 0 Å². The van der Waals surface area contributed by atoms with E-state index in [0.29, 0.717) is 12.1 Å². The Labute approximate surface area is 150 Å². The standard InChI is InChI=1S/C16H25N3O3S.ClH/c1-12(2)10-18-23(21,22)15-7-5-13(6-8-15)16(20)19-14-4-3-9-17-11-14;/h5-8,12,14,17-18H,3-4,9-11H2,1-2H3,(H,19,20);1H/t14-;/m0./s1. The minimum atomic E-state index is -3.52. The van der Waals surface area contributed by atoms with Crippen molar-refractivity contribution < 1.29 is 13.2 Å². The van der Waals surface area contributed by atoms with Gasteiger partial charge in [-0.05, 0) is 49.6 Å². The number of piperidine rings is 1. The zero-order valence-corrected chi connectivity index (χ0v) is 15.7. The summed E-state index contributed by atoms with van der Waals surface area (Å²) < 4.78 is 26.8. The SMILES string of the molecule is CC(C)CNS(=O)(=O)c1ccc(C(=O)N[C@H]2CCCNC2)cc1.Cl. The maximum absolute atomic E-state index is 12.2. The highest BCUT2D eigenvalue weighted by Crippen LogP contribution is 2.12. The van der Waals surface area contributed by atoms with Crippen molar-refractivity contribution in [3.8, 4) is 0 Å². The van der Waals surface area contributed by atoms with E-state index in [2.05, 4.69) is 15.4 Å². The second kappa shape index (κ2) is 9.36. The van der Waals surface area contributed by atoms with Crippen molar-refractivity contribution in [1.82, 2.24) is 15.4 Å². The number of amides is 1. The number of halogens is 1. The lowest BCUT2D eigenvalue weighted by atomic mass is 10.1. The van der Waals surface area contributed by atoms with Gasteiger partial charge in [-0.2, -0.15) is 0 Å². The van der Waals surface area contributed by atoms with E-state index in [4.69, 9.17) is 0 Å². The molecular weight excluding hydrogens is 350 g/mol. The van der Waals surface area contributed by atoms with Gasteiger partial charge in [0.05, 0.1) is 4.90 Å². The molecule has 1 aromatic rings. The van der Waals surface area contributed by atoms with Gasteiger partial charge in [-0.25, -0.2) is 13.1 Å². The predicted molar refractivity (Wildman–Crippen MR) is 97.1 cm³/mol. The molecule has 1 saturated heterocycles. The minimum absolute atomic E-state index is 0. The third kappa shape index (κ3) is 6.05. The first-order chi connectivity index (χ1) is 10.9. The van der Waals surface area contributed by atoms with Crippen molar-refractivity contribution in [3.63, 3.8) is 0 Å². The van der Waals surface area contributed by atoms with Gasteiger partial charge in [0.15, 0.2) is 0 Å². The Morgan fingerprint density at radius 2 is 1.96 bits per heavy atom. The summed E-state index contributed by atoms with van der Waals surface area (Å²) >= 11 is 0. The van der Waals surface area contributed by atoms with E-state index in [1.54, 1.807) is 12.1 Å². The molecule has 1 fully saturated rings. The van der Waals surface area contributed by atoms with E-state index < -0.39 is 10.0 Å². The van der Waals surface area contributed by atoms with Crippen molar-refractivity contribution in [3.05, 3.63) is 29.8 Å². The van der Waals surface area contributed by atoms with Gasteiger partial charge in [-0.1, -0.05) is 13.8 Å². The summed E-state index contributed by atoms with van der Waals surface area (Å²) in [6.45, 7) is 6.03. The second-order valence-corrected chi connectivity index (χ2v) is 8.05. The molecule has 136 valence electrons. The smallest absolute Gasteiger partial charge is 0.251 e. The average Bonchev–Trinajstić information content (AvgIpc) is 2.54. The summed E-state index contributed by atoms with van der Waals surface area (Å²) in [7, 11) is -3.52. The second-order valence-electron chi connectivity index (χ2n) is 6.29. The lowest BCUT2D eigenvalue weighted by Gasteiger charge is -2.23. The van der Waals surface area contributed by atoms with Gasteiger partial charge in [0, 0.05) is 24.7 Å². The zero-order valence-electron chi connectivity index (χ0n) is 14.0. The van der Waals surface area contributed by atoms with Crippen molar-refractivity contribution in [2.75, 3.05) is 19.6 Å². The number of sulfonamides is 1. The molecule has 2 rings (SSSR count). The molecular formula is C16H26ClN3O3S. The molecule has 1 atom stereocenters. The van der Waals surface area contributed by atoms with Gasteiger partial charge >= 0.3 is 0 Å². The summed E-state index contributed by atoms with van der Waals surface area (Å²) in [5, 5.41) is 6.21. The van der Waals surface area contributed by atoms with Crippen LogP contribution < -0.4 is 15.4 Å². The minimum Gasteiger partial charge on any atom is -0.348 e. The lowest BCUT2D eigenvalue weighted by Crippen LogP contribution is -2.45. The molecule has 1 amide bonds. The molecule has 0 aliphatic carbocycles. The fourth-order valence-corrected chi connectivity index (χ4v) is 3.60. The van der Waals surface area contributed by atoms with Crippen LogP contribution in [0.25, 0.3) is 0 Å². The van der Waals surface area contributed by atoms with Crippen molar-refractivity contribution in [1.29, 1.82) is 0 Å². The van der Waals surface area contributed by atoms with E-state index >= 15 is 0 Å². The average molecular weight is 376 g/mol. The highest BCUT2D eigenvalue weighted by atomic mass is 35.5. The van der Waals surface area contributed by atoms with E-state index in [1.165, 1.54) is 12.1 Å². The van der Waals surface area contributed by atoms with Crippen LogP contribution in [0.3, 0.4) is 0 Å². The molecule has 0 aromatic heterocycles. The predicted octanol–water partition coefficient (Wildman–Crippen LogP) is 1.52. The summed E-state index contributed by atoms with van der Waals surface area (Å²) in [5.74, 6) is 0.0664. The van der Waals surface area contributed by atoms with E-state index in [1.807, 2.05) is 13.8 Å². The van der Waals surface area contributed by atoms with Gasteiger partial charge in [0.1, 0.15) is 0 Å². The molecule has 0 spiro atoms. The van der Waals surface area contributed by atoms with Gasteiger partial charge in [0.25, 0.3) is 5.91 Å². The number of hydrogen-bond acceptors (Lipinski definition) is 4. The van der Waals surface area contributed by atoms with Crippen molar-refractivity contribution >= 4 is 28.3 Å². The molecule has 6 nitrogen and oxygen atoms in total. The molecule has 0 saturated carbocycles. The first-order valence-electron chi connectivity index (χ1n) is 8.00. The normalized spacial score (nSPS) is 18.0. The summed E-state index contributed by atoms with van der Waals surface area (Å²) in [6, 6.07) is 6.17. The first-order valence-corrected chi connectivity index (χ1v) is 9.48. The number of hydrogen-bond donors (Lipinski definition) is 3. The Hall–Kier alpha value is -1.15. The molecule has 1 aliphatic heterocycles. The van der Waals surface area contributed by atoms with Gasteiger partial charge in [-0.3, -0.25) is 4.79 Å². The Morgan fingerprint density at radius 3 is 2.50 bits per heavy atom. The number of benzene rings is 1. The maximum Gasteiger partial charge on any atom is 0.251 e. The molecule has 8 heteroatoms. The monoisotopic (exact) mass is 375 g/mol. The Balaban J connectivity index is 0.00000288. The van der Waals surface area contributed by atoms with Crippen LogP contribution in [-0.4, -0.2) is 40.0 Å². The summed E-state index contributed by atoms with van der Waals surface area (Å²) in [5.41, 5.74) is 0.471. The number of carbonyl (C=O) groups is 1. The van der Waals surface area contributed by atoms with Crippen LogP contribution in [0.1, 0.15) is 37.0 Å². The van der Waals surface area contributed by atoms with Crippen LogP contribution in [0.5, 0.6) is 0 Å². The first kappa shape index (κ1) is 20.9.